The van der Waals surface area contributed by atoms with Crippen LogP contribution in [0, 0.1) is 17.0 Å². The van der Waals surface area contributed by atoms with Gasteiger partial charge in [-0.25, -0.2) is 4.98 Å². The number of hydrogen-bond donors (Lipinski definition) is 0. The van der Waals surface area contributed by atoms with Crippen LogP contribution in [0.4, 0.5) is 0 Å². The Morgan fingerprint density at radius 3 is 2.92 bits per heavy atom. The summed E-state index contributed by atoms with van der Waals surface area (Å²) in [5.41, 5.74) is 0.876. The second-order valence-corrected chi connectivity index (χ2v) is 3.60. The van der Waals surface area contributed by atoms with Crippen molar-refractivity contribution < 1.29 is 4.92 Å². The zero-order chi connectivity index (χ0) is 9.84. The highest BCUT2D eigenvalue weighted by atomic mass is 32.1. The van der Waals surface area contributed by atoms with Crippen molar-refractivity contribution in [3.8, 4) is 0 Å². The molecule has 70 valence electrons. The van der Waals surface area contributed by atoms with E-state index in [1.165, 1.54) is 17.4 Å². The van der Waals surface area contributed by atoms with E-state index in [4.69, 9.17) is 0 Å². The van der Waals surface area contributed by atoms with Gasteiger partial charge in [0.15, 0.2) is 0 Å². The second-order valence-electron chi connectivity index (χ2n) is 2.54. The lowest BCUT2D eigenvalue weighted by molar-refractivity contribution is -0.425. The smallest absolute Gasteiger partial charge is 0.248 e. The predicted octanol–water partition coefficient (Wildman–Crippen LogP) is 2.48. The van der Waals surface area contributed by atoms with Gasteiger partial charge < -0.3 is 0 Å². The molecule has 0 fully saturated rings. The van der Waals surface area contributed by atoms with E-state index in [9.17, 15) is 10.1 Å². The normalized spacial score (nSPS) is 11.7. The van der Waals surface area contributed by atoms with Gasteiger partial charge in [0.1, 0.15) is 0 Å². The van der Waals surface area contributed by atoms with Crippen LogP contribution in [-0.4, -0.2) is 9.91 Å². The molecule has 13 heavy (non-hydrogen) atoms. The molecule has 1 heterocycles. The van der Waals surface area contributed by atoms with Crippen LogP contribution < -0.4 is 0 Å². The van der Waals surface area contributed by atoms with Crippen molar-refractivity contribution in [1.82, 2.24) is 4.98 Å². The first-order valence-electron chi connectivity index (χ1n) is 3.90. The highest BCUT2D eigenvalue weighted by Crippen LogP contribution is 2.13. The molecule has 0 N–H and O–H groups in total. The van der Waals surface area contributed by atoms with Gasteiger partial charge >= 0.3 is 0 Å². The SMILES string of the molecule is CCC(=Cc1csc(C)n1)[N+](=O)[O-]. The van der Waals surface area contributed by atoms with E-state index in [1.54, 1.807) is 6.92 Å². The van der Waals surface area contributed by atoms with Gasteiger partial charge in [0.05, 0.1) is 15.6 Å². The molecule has 0 aromatic carbocycles. The van der Waals surface area contributed by atoms with Gasteiger partial charge in [0.2, 0.25) is 5.70 Å². The van der Waals surface area contributed by atoms with E-state index in [0.29, 0.717) is 12.1 Å². The summed E-state index contributed by atoms with van der Waals surface area (Å²) >= 11 is 1.49. The molecule has 0 radical (unpaired) electrons. The minimum absolute atomic E-state index is 0.199. The largest absolute Gasteiger partial charge is 0.259 e. The maximum Gasteiger partial charge on any atom is 0.248 e. The first-order chi connectivity index (χ1) is 6.13. The molecule has 4 nitrogen and oxygen atoms in total. The molecule has 0 spiro atoms. The zero-order valence-corrected chi connectivity index (χ0v) is 8.30. The lowest BCUT2D eigenvalue weighted by Gasteiger charge is -1.90. The van der Waals surface area contributed by atoms with Crippen molar-refractivity contribution >= 4 is 17.4 Å². The van der Waals surface area contributed by atoms with Crippen molar-refractivity contribution in [2.45, 2.75) is 20.3 Å². The number of nitrogens with zero attached hydrogens (tertiary/aromatic N) is 2. The molecule has 0 unspecified atom stereocenters. The minimum atomic E-state index is -0.366. The Kier molecular flexibility index (Phi) is 3.13. The molecule has 0 amide bonds. The van der Waals surface area contributed by atoms with E-state index in [-0.39, 0.29) is 10.6 Å². The topological polar surface area (TPSA) is 56.0 Å². The van der Waals surface area contributed by atoms with Gasteiger partial charge in [-0.2, -0.15) is 0 Å². The molecule has 0 aliphatic carbocycles. The van der Waals surface area contributed by atoms with Crippen LogP contribution in [-0.2, 0) is 0 Å². The van der Waals surface area contributed by atoms with Gasteiger partial charge in [-0.05, 0) is 6.92 Å². The average Bonchev–Trinajstić information content (AvgIpc) is 2.46. The zero-order valence-electron chi connectivity index (χ0n) is 7.48. The summed E-state index contributed by atoms with van der Waals surface area (Å²) < 4.78 is 0. The molecule has 0 aliphatic heterocycles. The Hall–Kier alpha value is -1.23. The van der Waals surface area contributed by atoms with Crippen LogP contribution in [0.25, 0.3) is 6.08 Å². The molecule has 1 aromatic rings. The number of hydrogen-bond acceptors (Lipinski definition) is 4. The third-order valence-corrected chi connectivity index (χ3v) is 2.34. The van der Waals surface area contributed by atoms with E-state index < -0.39 is 0 Å². The molecule has 0 bridgehead atoms. The summed E-state index contributed by atoms with van der Waals surface area (Å²) in [5, 5.41) is 13.2. The number of allylic oxidation sites excluding steroid dienone is 1. The maximum absolute atomic E-state index is 10.5. The number of aryl methyl sites for hydroxylation is 1. The summed E-state index contributed by atoms with van der Waals surface area (Å²) in [7, 11) is 0. The number of thiazole rings is 1. The molecular formula is C8H10N2O2S. The lowest BCUT2D eigenvalue weighted by Crippen LogP contribution is -1.96. The number of rotatable bonds is 3. The Bertz CT molecular complexity index is 344. The van der Waals surface area contributed by atoms with E-state index >= 15 is 0 Å². The number of aromatic nitrogens is 1. The second kappa shape index (κ2) is 4.13. The average molecular weight is 198 g/mol. The van der Waals surface area contributed by atoms with Gasteiger partial charge in [-0.1, -0.05) is 6.92 Å². The van der Waals surface area contributed by atoms with Crippen LogP contribution >= 0.6 is 11.3 Å². The van der Waals surface area contributed by atoms with Crippen molar-refractivity contribution in [2.24, 2.45) is 0 Å². The van der Waals surface area contributed by atoms with Gasteiger partial charge in [0, 0.05) is 17.9 Å². The monoisotopic (exact) mass is 198 g/mol. The maximum atomic E-state index is 10.5. The molecule has 1 aromatic heterocycles. The predicted molar refractivity (Wildman–Crippen MR) is 52.1 cm³/mol. The van der Waals surface area contributed by atoms with E-state index in [0.717, 1.165) is 5.01 Å². The van der Waals surface area contributed by atoms with E-state index in [1.807, 2.05) is 12.3 Å². The molecular weight excluding hydrogens is 188 g/mol. The summed E-state index contributed by atoms with van der Waals surface area (Å²) in [6.45, 7) is 3.63. The van der Waals surface area contributed by atoms with Crippen molar-refractivity contribution in [2.75, 3.05) is 0 Å². The standard InChI is InChI=1S/C8H10N2O2S/c1-3-8(10(11)12)4-7-5-13-6(2)9-7/h4-5H,3H2,1-2H3. The van der Waals surface area contributed by atoms with Crippen molar-refractivity contribution in [3.63, 3.8) is 0 Å². The Balaban J connectivity index is 2.91. The third-order valence-electron chi connectivity index (χ3n) is 1.55. The first-order valence-corrected chi connectivity index (χ1v) is 4.78. The van der Waals surface area contributed by atoms with Crippen LogP contribution in [0.2, 0.25) is 0 Å². The highest BCUT2D eigenvalue weighted by molar-refractivity contribution is 7.09. The number of nitro groups is 1. The third kappa shape index (κ3) is 2.62. The Morgan fingerprint density at radius 1 is 1.85 bits per heavy atom. The summed E-state index contributed by atoms with van der Waals surface area (Å²) in [5.74, 6) is 0. The van der Waals surface area contributed by atoms with Gasteiger partial charge in [-0.15, -0.1) is 11.3 Å². The fraction of sp³-hybridized carbons (Fsp3) is 0.375. The molecule has 0 saturated heterocycles. The first kappa shape index (κ1) is 9.85. The van der Waals surface area contributed by atoms with Crippen LogP contribution in [0.3, 0.4) is 0 Å². The van der Waals surface area contributed by atoms with E-state index in [2.05, 4.69) is 4.98 Å². The Labute approximate surface area is 80.1 Å². The Morgan fingerprint density at radius 2 is 2.54 bits per heavy atom. The molecule has 1 rings (SSSR count). The van der Waals surface area contributed by atoms with Crippen molar-refractivity contribution in [3.05, 3.63) is 31.9 Å². The minimum Gasteiger partial charge on any atom is -0.259 e. The summed E-state index contributed by atoms with van der Waals surface area (Å²) in [4.78, 5) is 14.2. The molecule has 0 atom stereocenters. The van der Waals surface area contributed by atoms with Crippen LogP contribution in [0.5, 0.6) is 0 Å². The fourth-order valence-corrected chi connectivity index (χ4v) is 1.47. The highest BCUT2D eigenvalue weighted by Gasteiger charge is 2.07. The molecule has 0 aliphatic rings. The summed E-state index contributed by atoms with van der Waals surface area (Å²) in [6.07, 6.45) is 1.94. The van der Waals surface area contributed by atoms with Crippen LogP contribution in [0.1, 0.15) is 24.0 Å². The fourth-order valence-electron chi connectivity index (χ4n) is 0.901. The molecule has 5 heteroatoms. The molecule has 0 saturated carbocycles. The van der Waals surface area contributed by atoms with Gasteiger partial charge in [0.25, 0.3) is 0 Å². The quantitative estimate of drug-likeness (QED) is 0.553. The van der Waals surface area contributed by atoms with Crippen molar-refractivity contribution in [1.29, 1.82) is 0 Å². The lowest BCUT2D eigenvalue weighted by atomic mass is 10.3. The van der Waals surface area contributed by atoms with Crippen LogP contribution in [0.15, 0.2) is 11.1 Å². The van der Waals surface area contributed by atoms with Gasteiger partial charge in [-0.3, -0.25) is 10.1 Å². The summed E-state index contributed by atoms with van der Waals surface area (Å²) in [6, 6.07) is 0.